The average molecular weight is 160 g/mol. The quantitative estimate of drug-likeness (QED) is 0.560. The van der Waals surface area contributed by atoms with Crippen molar-refractivity contribution in [2.45, 2.75) is 6.92 Å². The van der Waals surface area contributed by atoms with Crippen LogP contribution in [0.3, 0.4) is 0 Å². The van der Waals surface area contributed by atoms with Gasteiger partial charge in [-0.3, -0.25) is 0 Å². The Morgan fingerprint density at radius 1 is 1.20 bits per heavy atom. The van der Waals surface area contributed by atoms with Gasteiger partial charge >= 0.3 is 0 Å². The first kappa shape index (κ1) is 9.97. The first-order valence-electron chi connectivity index (χ1n) is 3.51. The maximum Gasteiger partial charge on any atom is 0.0766 e. The largest absolute Gasteiger partial charge is 0.379 e. The van der Waals surface area contributed by atoms with Gasteiger partial charge in [-0.25, -0.2) is 0 Å². The predicted molar refractivity (Wildman–Crippen MR) is 52.1 cm³/mol. The molecule has 0 aliphatic rings. The number of hydrogen-bond acceptors (Lipinski definition) is 1. The molecule has 0 bridgehead atoms. The third-order valence-corrected chi connectivity index (χ3v) is 2.43. The minimum atomic E-state index is -0.729. The normalized spacial score (nSPS) is 13.6. The molecule has 0 fully saturated rings. The van der Waals surface area contributed by atoms with Gasteiger partial charge in [-0.05, 0) is 6.92 Å². The first-order valence-corrected chi connectivity index (χ1v) is 6.71. The average Bonchev–Trinajstić information content (AvgIpc) is 1.60. The van der Waals surface area contributed by atoms with E-state index >= 15 is 0 Å². The van der Waals surface area contributed by atoms with Crippen LogP contribution in [-0.4, -0.2) is 39.0 Å². The minimum absolute atomic E-state index is 0.729. The summed E-state index contributed by atoms with van der Waals surface area (Å²) in [6, 6.07) is 0. The molecule has 60 valence electrons. The highest BCUT2D eigenvalue weighted by Crippen LogP contribution is 2.49. The van der Waals surface area contributed by atoms with Crippen LogP contribution in [0.4, 0.5) is 0 Å². The van der Waals surface area contributed by atoms with Gasteiger partial charge in [0.05, 0.1) is 25.8 Å². The van der Waals surface area contributed by atoms with Gasteiger partial charge in [0.2, 0.25) is 0 Å². The van der Waals surface area contributed by atoms with Gasteiger partial charge in [0.25, 0.3) is 0 Å². The zero-order chi connectivity index (χ0) is 8.36. The Bertz CT molecular complexity index is 131. The fourth-order valence-corrected chi connectivity index (χ4v) is 2.03. The van der Waals surface area contributed by atoms with Crippen molar-refractivity contribution in [1.29, 1.82) is 0 Å². The molecule has 0 spiro atoms. The highest BCUT2D eigenvalue weighted by molar-refractivity contribution is 7.76. The lowest BCUT2D eigenvalue weighted by atomic mass is 10.5. The smallest absolute Gasteiger partial charge is 0.0766 e. The van der Waals surface area contributed by atoms with Crippen LogP contribution in [0.2, 0.25) is 0 Å². The molecular formula is C8H19NP+. The summed E-state index contributed by atoms with van der Waals surface area (Å²) >= 11 is 0. The molecule has 0 aliphatic carbocycles. The topological polar surface area (TPSA) is 3.24 Å². The van der Waals surface area contributed by atoms with Crippen LogP contribution in [-0.2, 0) is 0 Å². The van der Waals surface area contributed by atoms with Gasteiger partial charge in [0, 0.05) is 27.1 Å². The fourth-order valence-electron chi connectivity index (χ4n) is 0.676. The molecule has 0 saturated heterocycles. The van der Waals surface area contributed by atoms with Gasteiger partial charge in [0.1, 0.15) is 0 Å². The standard InChI is InChI=1S/C8H19NP/c1-8(9(2)3)7-10(4,5)6/h7H,1-6H3/q+1/b8-7+. The second-order valence-corrected chi connectivity index (χ2v) is 8.27. The van der Waals surface area contributed by atoms with E-state index in [0.717, 1.165) is 0 Å². The van der Waals surface area contributed by atoms with E-state index in [2.05, 4.69) is 51.7 Å². The molecule has 0 atom stereocenters. The van der Waals surface area contributed by atoms with E-state index in [1.54, 1.807) is 0 Å². The summed E-state index contributed by atoms with van der Waals surface area (Å²) in [5, 5.41) is 0. The van der Waals surface area contributed by atoms with Crippen molar-refractivity contribution in [3.8, 4) is 0 Å². The Morgan fingerprint density at radius 3 is 1.70 bits per heavy atom. The van der Waals surface area contributed by atoms with Gasteiger partial charge < -0.3 is 4.90 Å². The van der Waals surface area contributed by atoms with Gasteiger partial charge in [-0.2, -0.15) is 0 Å². The molecule has 0 amide bonds. The van der Waals surface area contributed by atoms with Gasteiger partial charge in [0.15, 0.2) is 0 Å². The van der Waals surface area contributed by atoms with E-state index in [4.69, 9.17) is 0 Å². The number of hydrogen-bond donors (Lipinski definition) is 0. The molecule has 0 heterocycles. The highest BCUT2D eigenvalue weighted by Gasteiger charge is 2.13. The Morgan fingerprint density at radius 2 is 1.60 bits per heavy atom. The number of rotatable bonds is 2. The predicted octanol–water partition coefficient (Wildman–Crippen LogP) is 2.32. The van der Waals surface area contributed by atoms with E-state index in [9.17, 15) is 0 Å². The molecule has 0 aliphatic heterocycles. The fraction of sp³-hybridized carbons (Fsp3) is 0.750. The Kier molecular flexibility index (Phi) is 3.38. The summed E-state index contributed by atoms with van der Waals surface area (Å²) in [5.74, 6) is 2.38. The summed E-state index contributed by atoms with van der Waals surface area (Å²) in [7, 11) is 3.44. The third-order valence-electron chi connectivity index (χ3n) is 1.28. The maximum absolute atomic E-state index is 2.38. The molecule has 0 radical (unpaired) electrons. The van der Waals surface area contributed by atoms with Crippen LogP contribution in [0.15, 0.2) is 11.5 Å². The molecule has 0 rings (SSSR count). The summed E-state index contributed by atoms with van der Waals surface area (Å²) in [4.78, 5) is 2.16. The van der Waals surface area contributed by atoms with Crippen LogP contribution < -0.4 is 0 Å². The summed E-state index contributed by atoms with van der Waals surface area (Å²) in [6.07, 6.45) is 0. The molecule has 1 nitrogen and oxygen atoms in total. The lowest BCUT2D eigenvalue weighted by Crippen LogP contribution is -2.08. The second kappa shape index (κ2) is 3.39. The zero-order valence-electron chi connectivity index (χ0n) is 7.97. The lowest BCUT2D eigenvalue weighted by molar-refractivity contribution is 0.515. The SMILES string of the molecule is C/C(=C\[P+](C)(C)C)N(C)C. The molecule has 10 heavy (non-hydrogen) atoms. The van der Waals surface area contributed by atoms with Crippen LogP contribution in [0.5, 0.6) is 0 Å². The van der Waals surface area contributed by atoms with Gasteiger partial charge in [-0.15, -0.1) is 0 Å². The van der Waals surface area contributed by atoms with E-state index in [1.807, 2.05) is 0 Å². The van der Waals surface area contributed by atoms with Crippen LogP contribution >= 0.6 is 7.26 Å². The third kappa shape index (κ3) is 4.81. The van der Waals surface area contributed by atoms with Crippen molar-refractivity contribution in [2.24, 2.45) is 0 Å². The van der Waals surface area contributed by atoms with Crippen molar-refractivity contribution in [3.05, 3.63) is 11.5 Å². The first-order chi connectivity index (χ1) is 4.33. The van der Waals surface area contributed by atoms with Gasteiger partial charge in [-0.1, -0.05) is 0 Å². The number of allylic oxidation sites excluding steroid dienone is 1. The Labute approximate surface area is 65.4 Å². The van der Waals surface area contributed by atoms with E-state index in [-0.39, 0.29) is 0 Å². The maximum atomic E-state index is 2.38. The molecule has 0 unspecified atom stereocenters. The molecule has 2 heteroatoms. The minimum Gasteiger partial charge on any atom is -0.379 e. The number of nitrogens with zero attached hydrogens (tertiary/aromatic N) is 1. The zero-order valence-corrected chi connectivity index (χ0v) is 8.87. The Hall–Kier alpha value is -0.0300. The molecular weight excluding hydrogens is 141 g/mol. The van der Waals surface area contributed by atoms with Crippen molar-refractivity contribution in [2.75, 3.05) is 34.1 Å². The van der Waals surface area contributed by atoms with Crippen LogP contribution in [0, 0.1) is 0 Å². The summed E-state index contributed by atoms with van der Waals surface area (Å²) in [5.41, 5.74) is 1.38. The van der Waals surface area contributed by atoms with Crippen molar-refractivity contribution in [3.63, 3.8) is 0 Å². The van der Waals surface area contributed by atoms with Crippen LogP contribution in [0.25, 0.3) is 0 Å². The summed E-state index contributed by atoms with van der Waals surface area (Å²) < 4.78 is 0. The molecule has 0 aromatic rings. The van der Waals surface area contributed by atoms with E-state index in [1.165, 1.54) is 5.70 Å². The van der Waals surface area contributed by atoms with Crippen LogP contribution in [0.1, 0.15) is 6.92 Å². The summed E-state index contributed by atoms with van der Waals surface area (Å²) in [6.45, 7) is 9.12. The van der Waals surface area contributed by atoms with Crippen molar-refractivity contribution >= 4 is 7.26 Å². The molecule has 0 aromatic carbocycles. The van der Waals surface area contributed by atoms with Crippen molar-refractivity contribution in [1.82, 2.24) is 4.90 Å². The molecule has 0 aromatic heterocycles. The van der Waals surface area contributed by atoms with Crippen molar-refractivity contribution < 1.29 is 0 Å². The lowest BCUT2D eigenvalue weighted by Gasteiger charge is -2.14. The Balaban J connectivity index is 4.17. The second-order valence-electron chi connectivity index (χ2n) is 3.78. The highest BCUT2D eigenvalue weighted by atomic mass is 31.2. The molecule has 0 N–H and O–H groups in total. The van der Waals surface area contributed by atoms with E-state index in [0.29, 0.717) is 0 Å². The van der Waals surface area contributed by atoms with E-state index < -0.39 is 7.26 Å². The molecule has 0 saturated carbocycles. The monoisotopic (exact) mass is 160 g/mol.